The lowest BCUT2D eigenvalue weighted by Gasteiger charge is -2.12. The molecule has 1 aromatic heterocycles. The molecule has 0 aromatic carbocycles. The molecule has 2 N–H and O–H groups in total. The van der Waals surface area contributed by atoms with Gasteiger partial charge in [0.2, 0.25) is 0 Å². The molecule has 0 bridgehead atoms. The average Bonchev–Trinajstić information content (AvgIpc) is 2.25. The number of carbonyl (C=O) groups excluding carboxylic acids is 1. The van der Waals surface area contributed by atoms with Gasteiger partial charge in [-0.05, 0) is 34.5 Å². The molecule has 1 heterocycles. The van der Waals surface area contributed by atoms with Gasteiger partial charge in [0, 0.05) is 10.7 Å². The highest BCUT2D eigenvalue weighted by atomic mass is 79.9. The van der Waals surface area contributed by atoms with Gasteiger partial charge in [-0.1, -0.05) is 6.92 Å². The Kier molecular flexibility index (Phi) is 4.42. The van der Waals surface area contributed by atoms with Gasteiger partial charge in [0.25, 0.3) is 5.91 Å². The molecule has 86 valence electrons. The summed E-state index contributed by atoms with van der Waals surface area (Å²) in [5.41, 5.74) is 0.183. The maximum atomic E-state index is 11.7. The molecule has 0 saturated carbocycles. The van der Waals surface area contributed by atoms with Gasteiger partial charge in [-0.25, -0.2) is 9.78 Å². The number of nitrogens with zero attached hydrogens (tertiary/aromatic N) is 1. The van der Waals surface area contributed by atoms with E-state index in [0.29, 0.717) is 10.9 Å². The minimum atomic E-state index is -1.05. The highest BCUT2D eigenvalue weighted by Crippen LogP contribution is 2.13. The van der Waals surface area contributed by atoms with Gasteiger partial charge in [0.1, 0.15) is 11.7 Å². The van der Waals surface area contributed by atoms with Crippen molar-refractivity contribution in [2.24, 2.45) is 0 Å². The maximum absolute atomic E-state index is 11.7. The molecule has 0 aliphatic carbocycles. The Bertz CT molecular complexity index is 409. The molecule has 0 fully saturated rings. The third kappa shape index (κ3) is 3.03. The summed E-state index contributed by atoms with van der Waals surface area (Å²) in [5.74, 6) is -1.55. The van der Waals surface area contributed by atoms with E-state index in [1.807, 2.05) is 0 Å². The summed E-state index contributed by atoms with van der Waals surface area (Å²) in [4.78, 5) is 26.3. The Balaban J connectivity index is 2.80. The fraction of sp³-hybridized carbons (Fsp3) is 0.300. The van der Waals surface area contributed by atoms with E-state index < -0.39 is 17.9 Å². The van der Waals surface area contributed by atoms with E-state index in [1.54, 1.807) is 19.1 Å². The zero-order chi connectivity index (χ0) is 12.1. The summed E-state index contributed by atoms with van der Waals surface area (Å²) in [5, 5.41) is 11.2. The van der Waals surface area contributed by atoms with Gasteiger partial charge in [-0.15, -0.1) is 0 Å². The van der Waals surface area contributed by atoms with Crippen LogP contribution in [0.2, 0.25) is 0 Å². The number of hydrogen-bond acceptors (Lipinski definition) is 3. The van der Waals surface area contributed by atoms with Crippen molar-refractivity contribution in [3.63, 3.8) is 0 Å². The van der Waals surface area contributed by atoms with E-state index in [-0.39, 0.29) is 5.69 Å². The summed E-state index contributed by atoms with van der Waals surface area (Å²) in [7, 11) is 0. The fourth-order valence-corrected chi connectivity index (χ4v) is 1.55. The lowest BCUT2D eigenvalue weighted by Crippen LogP contribution is -2.40. The summed E-state index contributed by atoms with van der Waals surface area (Å²) in [6.45, 7) is 1.69. The lowest BCUT2D eigenvalue weighted by atomic mass is 10.2. The van der Waals surface area contributed by atoms with Gasteiger partial charge < -0.3 is 10.4 Å². The maximum Gasteiger partial charge on any atom is 0.326 e. The van der Waals surface area contributed by atoms with Gasteiger partial charge >= 0.3 is 5.97 Å². The SMILES string of the molecule is CCC(NC(=O)c1ncccc1Br)C(=O)O. The van der Waals surface area contributed by atoms with Gasteiger partial charge in [-0.2, -0.15) is 0 Å². The first-order valence-corrected chi connectivity index (χ1v) is 5.49. The molecule has 0 aliphatic heterocycles. The normalized spacial score (nSPS) is 11.9. The quantitative estimate of drug-likeness (QED) is 0.878. The molecular formula is C10H11BrN2O3. The van der Waals surface area contributed by atoms with Gasteiger partial charge in [-0.3, -0.25) is 4.79 Å². The second-order valence-corrected chi connectivity index (χ2v) is 3.96. The van der Waals surface area contributed by atoms with Crippen molar-refractivity contribution >= 4 is 27.8 Å². The zero-order valence-corrected chi connectivity index (χ0v) is 10.2. The minimum absolute atomic E-state index is 0.183. The molecule has 0 radical (unpaired) electrons. The number of carboxylic acid groups (broad SMARTS) is 1. The molecule has 0 spiro atoms. The molecule has 1 atom stereocenters. The van der Waals surface area contributed by atoms with Crippen LogP contribution in [0.25, 0.3) is 0 Å². The zero-order valence-electron chi connectivity index (χ0n) is 8.61. The first-order valence-electron chi connectivity index (χ1n) is 4.70. The average molecular weight is 287 g/mol. The van der Waals surface area contributed by atoms with Crippen LogP contribution >= 0.6 is 15.9 Å². The number of aliphatic carboxylic acids is 1. The third-order valence-electron chi connectivity index (χ3n) is 1.99. The highest BCUT2D eigenvalue weighted by Gasteiger charge is 2.20. The van der Waals surface area contributed by atoms with E-state index in [2.05, 4.69) is 26.2 Å². The summed E-state index contributed by atoms with van der Waals surface area (Å²) < 4.78 is 0.535. The van der Waals surface area contributed by atoms with E-state index in [4.69, 9.17) is 5.11 Å². The second-order valence-electron chi connectivity index (χ2n) is 3.11. The number of aromatic nitrogens is 1. The van der Waals surface area contributed by atoms with E-state index in [1.165, 1.54) is 6.20 Å². The summed E-state index contributed by atoms with van der Waals surface area (Å²) in [6.07, 6.45) is 1.80. The van der Waals surface area contributed by atoms with Gasteiger partial charge in [0.05, 0.1) is 0 Å². The smallest absolute Gasteiger partial charge is 0.326 e. The van der Waals surface area contributed by atoms with Crippen LogP contribution in [0.3, 0.4) is 0 Å². The largest absolute Gasteiger partial charge is 0.480 e. The Hall–Kier alpha value is -1.43. The van der Waals surface area contributed by atoms with Crippen molar-refractivity contribution in [3.05, 3.63) is 28.5 Å². The van der Waals surface area contributed by atoms with Gasteiger partial charge in [0.15, 0.2) is 0 Å². The third-order valence-corrected chi connectivity index (χ3v) is 2.63. The van der Waals surface area contributed by atoms with Crippen molar-refractivity contribution in [3.8, 4) is 0 Å². The Morgan fingerprint density at radius 1 is 1.62 bits per heavy atom. The van der Waals surface area contributed by atoms with Crippen molar-refractivity contribution in [1.82, 2.24) is 10.3 Å². The summed E-state index contributed by atoms with van der Waals surface area (Å²) in [6, 6.07) is 2.46. The molecule has 5 nitrogen and oxygen atoms in total. The molecule has 1 amide bonds. The van der Waals surface area contributed by atoms with Crippen LogP contribution in [0.5, 0.6) is 0 Å². The number of amides is 1. The lowest BCUT2D eigenvalue weighted by molar-refractivity contribution is -0.139. The van der Waals surface area contributed by atoms with Crippen molar-refractivity contribution in [2.75, 3.05) is 0 Å². The highest BCUT2D eigenvalue weighted by molar-refractivity contribution is 9.10. The van der Waals surface area contributed by atoms with Crippen molar-refractivity contribution in [2.45, 2.75) is 19.4 Å². The fourth-order valence-electron chi connectivity index (χ4n) is 1.12. The van der Waals surface area contributed by atoms with Crippen LogP contribution in [-0.2, 0) is 4.79 Å². The molecule has 6 heteroatoms. The Labute approximate surface area is 101 Å². The van der Waals surface area contributed by atoms with Crippen molar-refractivity contribution in [1.29, 1.82) is 0 Å². The standard InChI is InChI=1S/C10H11BrN2O3/c1-2-7(10(15)16)13-9(14)8-6(11)4-3-5-12-8/h3-5,7H,2H2,1H3,(H,13,14)(H,15,16). The topological polar surface area (TPSA) is 79.3 Å². The van der Waals surface area contributed by atoms with Crippen LogP contribution < -0.4 is 5.32 Å². The number of carboxylic acids is 1. The molecular weight excluding hydrogens is 276 g/mol. The van der Waals surface area contributed by atoms with E-state index in [9.17, 15) is 9.59 Å². The number of pyridine rings is 1. The number of nitrogens with one attached hydrogen (secondary N) is 1. The molecule has 0 saturated heterocycles. The molecule has 16 heavy (non-hydrogen) atoms. The first-order chi connectivity index (χ1) is 7.56. The molecule has 1 unspecified atom stereocenters. The van der Waals surface area contributed by atoms with Crippen LogP contribution in [0, 0.1) is 0 Å². The number of halogens is 1. The number of hydrogen-bond donors (Lipinski definition) is 2. The molecule has 1 aromatic rings. The van der Waals surface area contributed by atoms with Crippen molar-refractivity contribution < 1.29 is 14.7 Å². The first kappa shape index (κ1) is 12.6. The van der Waals surface area contributed by atoms with Crippen LogP contribution in [-0.4, -0.2) is 28.0 Å². The predicted molar refractivity (Wildman–Crippen MR) is 61.1 cm³/mol. The summed E-state index contributed by atoms with van der Waals surface area (Å²) >= 11 is 3.17. The second kappa shape index (κ2) is 5.60. The monoisotopic (exact) mass is 286 g/mol. The van der Waals surface area contributed by atoms with Crippen LogP contribution in [0.1, 0.15) is 23.8 Å². The van der Waals surface area contributed by atoms with E-state index in [0.717, 1.165) is 0 Å². The Morgan fingerprint density at radius 3 is 2.81 bits per heavy atom. The Morgan fingerprint density at radius 2 is 2.31 bits per heavy atom. The minimum Gasteiger partial charge on any atom is -0.480 e. The number of rotatable bonds is 4. The molecule has 1 rings (SSSR count). The predicted octanol–water partition coefficient (Wildman–Crippen LogP) is 1.44. The number of carbonyl (C=O) groups is 2. The van der Waals surface area contributed by atoms with Crippen LogP contribution in [0.4, 0.5) is 0 Å². The molecule has 0 aliphatic rings. The van der Waals surface area contributed by atoms with Crippen LogP contribution in [0.15, 0.2) is 22.8 Å². The van der Waals surface area contributed by atoms with E-state index >= 15 is 0 Å².